The van der Waals surface area contributed by atoms with Gasteiger partial charge in [0.25, 0.3) is 5.91 Å². The average molecular weight is 491 g/mol. The number of imidazole rings is 1. The van der Waals surface area contributed by atoms with Gasteiger partial charge in [-0.3, -0.25) is 25.0 Å². The minimum absolute atomic E-state index is 0.173. The molecule has 0 aliphatic rings. The molecule has 2 aromatic carbocycles. The third-order valence-electron chi connectivity index (χ3n) is 5.68. The van der Waals surface area contributed by atoms with Crippen molar-refractivity contribution in [1.82, 2.24) is 19.8 Å². The number of para-hydroxylation sites is 1. The molecule has 5 aromatic rings. The number of hydrogen-bond donors (Lipinski definition) is 2. The third-order valence-corrected chi connectivity index (χ3v) is 5.68. The summed E-state index contributed by atoms with van der Waals surface area (Å²) in [7, 11) is 0. The molecular weight excluding hydrogens is 471 g/mol. The SMILES string of the molecule is Cc1cc(OCc2c(F)cccc2F)c2nc(C)c(C(=O)NNc3ccnc4c(F)cccc34)n2c1. The summed E-state index contributed by atoms with van der Waals surface area (Å²) in [6, 6.07) is 11.4. The van der Waals surface area contributed by atoms with Gasteiger partial charge >= 0.3 is 0 Å². The number of anilines is 1. The van der Waals surface area contributed by atoms with Crippen LogP contribution in [0.3, 0.4) is 0 Å². The molecule has 0 fully saturated rings. The zero-order valence-corrected chi connectivity index (χ0v) is 19.3. The Morgan fingerprint density at radius 1 is 1.03 bits per heavy atom. The Balaban J connectivity index is 1.43. The van der Waals surface area contributed by atoms with E-state index >= 15 is 0 Å². The zero-order valence-electron chi connectivity index (χ0n) is 19.3. The number of hydrazine groups is 1. The fourth-order valence-electron chi connectivity index (χ4n) is 3.99. The van der Waals surface area contributed by atoms with E-state index < -0.39 is 23.4 Å². The fraction of sp³-hybridized carbons (Fsp3) is 0.115. The second kappa shape index (κ2) is 9.21. The molecule has 3 aromatic heterocycles. The highest BCUT2D eigenvalue weighted by molar-refractivity contribution is 5.97. The molecule has 0 saturated heterocycles. The molecule has 0 unspecified atom stereocenters. The van der Waals surface area contributed by atoms with Crippen molar-refractivity contribution in [3.05, 3.63) is 101 Å². The van der Waals surface area contributed by atoms with Crippen LogP contribution in [0.2, 0.25) is 0 Å². The summed E-state index contributed by atoms with van der Waals surface area (Å²) in [5.41, 5.74) is 7.56. The maximum absolute atomic E-state index is 14.1. The fourth-order valence-corrected chi connectivity index (χ4v) is 3.99. The van der Waals surface area contributed by atoms with Gasteiger partial charge in [-0.05, 0) is 49.7 Å². The second-order valence-corrected chi connectivity index (χ2v) is 8.18. The lowest BCUT2D eigenvalue weighted by Crippen LogP contribution is -2.31. The summed E-state index contributed by atoms with van der Waals surface area (Å²) in [4.78, 5) is 21.6. The van der Waals surface area contributed by atoms with Crippen LogP contribution in [0, 0.1) is 31.3 Å². The summed E-state index contributed by atoms with van der Waals surface area (Å²) in [5.74, 6) is -2.14. The van der Waals surface area contributed by atoms with Crippen molar-refractivity contribution in [1.29, 1.82) is 0 Å². The average Bonchev–Trinajstić information content (AvgIpc) is 3.18. The van der Waals surface area contributed by atoms with Crippen molar-refractivity contribution in [2.75, 3.05) is 5.43 Å². The van der Waals surface area contributed by atoms with Gasteiger partial charge in [-0.1, -0.05) is 18.2 Å². The van der Waals surface area contributed by atoms with Crippen molar-refractivity contribution in [3.8, 4) is 5.75 Å². The van der Waals surface area contributed by atoms with Crippen molar-refractivity contribution in [2.24, 2.45) is 0 Å². The lowest BCUT2D eigenvalue weighted by Gasteiger charge is -2.13. The van der Waals surface area contributed by atoms with Crippen LogP contribution in [-0.2, 0) is 6.61 Å². The Hall–Kier alpha value is -4.60. The lowest BCUT2D eigenvalue weighted by atomic mass is 10.2. The Labute approximate surface area is 203 Å². The van der Waals surface area contributed by atoms with Crippen molar-refractivity contribution in [3.63, 3.8) is 0 Å². The Morgan fingerprint density at radius 3 is 2.53 bits per heavy atom. The van der Waals surface area contributed by atoms with Gasteiger partial charge < -0.3 is 4.74 Å². The Bertz CT molecular complexity index is 1610. The zero-order chi connectivity index (χ0) is 25.4. The van der Waals surface area contributed by atoms with Crippen LogP contribution in [-0.4, -0.2) is 20.3 Å². The maximum atomic E-state index is 14.1. The van der Waals surface area contributed by atoms with Crippen LogP contribution in [0.25, 0.3) is 16.6 Å². The standard InChI is InChI=1S/C26H20F3N5O2/c1-14-11-22(36-13-17-18(27)6-4-7-19(17)28)25-31-15(2)24(34(25)12-14)26(35)33-32-21-9-10-30-23-16(21)5-3-8-20(23)29/h3-12H,13H2,1-2H3,(H,30,32)(H,33,35). The van der Waals surface area contributed by atoms with E-state index in [0.717, 1.165) is 17.7 Å². The number of ether oxygens (including phenoxy) is 1. The number of halogens is 3. The first kappa shape index (κ1) is 23.2. The van der Waals surface area contributed by atoms with Crippen molar-refractivity contribution in [2.45, 2.75) is 20.5 Å². The van der Waals surface area contributed by atoms with Crippen LogP contribution < -0.4 is 15.6 Å². The number of carbonyl (C=O) groups excluding carboxylic acids is 1. The molecule has 0 bridgehead atoms. The van der Waals surface area contributed by atoms with E-state index in [9.17, 15) is 18.0 Å². The molecule has 5 rings (SSSR count). The van der Waals surface area contributed by atoms with E-state index in [1.807, 2.05) is 0 Å². The quantitative estimate of drug-likeness (QED) is 0.317. The van der Waals surface area contributed by atoms with Crippen LogP contribution in [0.1, 0.15) is 27.3 Å². The van der Waals surface area contributed by atoms with Crippen LogP contribution >= 0.6 is 0 Å². The molecule has 182 valence electrons. The van der Waals surface area contributed by atoms with E-state index in [1.165, 1.54) is 18.3 Å². The van der Waals surface area contributed by atoms with Gasteiger partial charge in [0.2, 0.25) is 0 Å². The number of nitrogens with zero attached hydrogens (tertiary/aromatic N) is 3. The number of carbonyl (C=O) groups is 1. The topological polar surface area (TPSA) is 80.5 Å². The maximum Gasteiger partial charge on any atom is 0.288 e. The van der Waals surface area contributed by atoms with Gasteiger partial charge in [-0.25, -0.2) is 18.2 Å². The number of fused-ring (bicyclic) bond motifs is 2. The van der Waals surface area contributed by atoms with E-state index in [2.05, 4.69) is 20.8 Å². The molecule has 1 amide bonds. The molecule has 3 heterocycles. The first-order chi connectivity index (χ1) is 17.3. The molecule has 2 N–H and O–H groups in total. The predicted molar refractivity (Wildman–Crippen MR) is 128 cm³/mol. The molecule has 0 aliphatic heterocycles. The molecule has 10 heteroatoms. The minimum atomic E-state index is -0.715. The summed E-state index contributed by atoms with van der Waals surface area (Å²) in [5, 5.41) is 0.500. The largest absolute Gasteiger partial charge is 0.485 e. The highest BCUT2D eigenvalue weighted by Gasteiger charge is 2.20. The predicted octanol–water partition coefficient (Wildman–Crippen LogP) is 5.25. The van der Waals surface area contributed by atoms with Crippen LogP contribution in [0.4, 0.5) is 18.9 Å². The normalized spacial score (nSPS) is 11.1. The molecule has 0 radical (unpaired) electrons. The third kappa shape index (κ3) is 4.17. The lowest BCUT2D eigenvalue weighted by molar-refractivity contribution is 0.0956. The number of pyridine rings is 2. The van der Waals surface area contributed by atoms with Crippen LogP contribution in [0.5, 0.6) is 5.75 Å². The molecule has 36 heavy (non-hydrogen) atoms. The van der Waals surface area contributed by atoms with Crippen molar-refractivity contribution >= 4 is 28.1 Å². The van der Waals surface area contributed by atoms with Crippen LogP contribution in [0.15, 0.2) is 60.9 Å². The number of rotatable bonds is 6. The number of amides is 1. The highest BCUT2D eigenvalue weighted by Crippen LogP contribution is 2.26. The first-order valence-electron chi connectivity index (χ1n) is 11.0. The van der Waals surface area contributed by atoms with E-state index in [0.29, 0.717) is 22.4 Å². The number of hydrogen-bond acceptors (Lipinski definition) is 5. The Kier molecular flexibility index (Phi) is 5.93. The van der Waals surface area contributed by atoms with E-state index in [-0.39, 0.29) is 29.1 Å². The molecule has 7 nitrogen and oxygen atoms in total. The smallest absolute Gasteiger partial charge is 0.288 e. The van der Waals surface area contributed by atoms with E-state index in [4.69, 9.17) is 4.74 Å². The number of aromatic nitrogens is 3. The first-order valence-corrected chi connectivity index (χ1v) is 11.0. The molecular formula is C26H20F3N5O2. The molecule has 0 aliphatic carbocycles. The van der Waals surface area contributed by atoms with Gasteiger partial charge in [-0.2, -0.15) is 0 Å². The molecule has 0 atom stereocenters. The van der Waals surface area contributed by atoms with E-state index in [1.54, 1.807) is 48.7 Å². The summed E-state index contributed by atoms with van der Waals surface area (Å²) in [6.07, 6.45) is 3.14. The molecule has 0 spiro atoms. The number of aryl methyl sites for hydroxylation is 2. The van der Waals surface area contributed by atoms with Gasteiger partial charge in [0.05, 0.1) is 16.9 Å². The Morgan fingerprint density at radius 2 is 1.75 bits per heavy atom. The van der Waals surface area contributed by atoms with Gasteiger partial charge in [-0.15, -0.1) is 0 Å². The highest BCUT2D eigenvalue weighted by atomic mass is 19.1. The van der Waals surface area contributed by atoms with Gasteiger partial charge in [0.1, 0.15) is 35.3 Å². The number of nitrogens with one attached hydrogen (secondary N) is 2. The monoisotopic (exact) mass is 491 g/mol. The summed E-state index contributed by atoms with van der Waals surface area (Å²) < 4.78 is 49.4. The van der Waals surface area contributed by atoms with Gasteiger partial charge in [0, 0.05) is 17.8 Å². The van der Waals surface area contributed by atoms with Crippen molar-refractivity contribution < 1.29 is 22.7 Å². The number of benzene rings is 2. The molecule has 0 saturated carbocycles. The minimum Gasteiger partial charge on any atom is -0.485 e. The summed E-state index contributed by atoms with van der Waals surface area (Å²) in [6.45, 7) is 3.11. The van der Waals surface area contributed by atoms with Gasteiger partial charge in [0.15, 0.2) is 11.4 Å². The summed E-state index contributed by atoms with van der Waals surface area (Å²) >= 11 is 0. The second-order valence-electron chi connectivity index (χ2n) is 8.18.